The molecule has 0 fully saturated rings. The minimum absolute atomic E-state index is 0.154. The maximum absolute atomic E-state index is 12.6. The third-order valence-electron chi connectivity index (χ3n) is 5.39. The van der Waals surface area contributed by atoms with Gasteiger partial charge in [-0.1, -0.05) is 25.5 Å². The summed E-state index contributed by atoms with van der Waals surface area (Å²) in [5.41, 5.74) is 2.62. The highest BCUT2D eigenvalue weighted by Gasteiger charge is 2.08. The molecule has 33 heavy (non-hydrogen) atoms. The third kappa shape index (κ3) is 6.40. The van der Waals surface area contributed by atoms with Crippen LogP contribution in [0.2, 0.25) is 0 Å². The van der Waals surface area contributed by atoms with Crippen molar-refractivity contribution in [3.63, 3.8) is 0 Å². The third-order valence-corrected chi connectivity index (χ3v) is 5.39. The van der Waals surface area contributed by atoms with E-state index in [9.17, 15) is 14.4 Å². The molecule has 1 aromatic heterocycles. The Kier molecular flexibility index (Phi) is 8.16. The number of fused-ring (bicyclic) bond motifs is 1. The van der Waals surface area contributed by atoms with Crippen molar-refractivity contribution in [2.75, 3.05) is 31.5 Å². The topological polar surface area (TPSA) is 91.7 Å². The Morgan fingerprint density at radius 3 is 2.48 bits per heavy atom. The lowest BCUT2D eigenvalue weighted by molar-refractivity contribution is -0.111. The second-order valence-electron chi connectivity index (χ2n) is 7.70. The molecule has 172 valence electrons. The molecular formula is C26H29N3O4. The van der Waals surface area contributed by atoms with Gasteiger partial charge in [0.25, 0.3) is 5.91 Å². The van der Waals surface area contributed by atoms with E-state index in [1.54, 1.807) is 36.4 Å². The zero-order valence-electron chi connectivity index (χ0n) is 19.2. The molecule has 3 aromatic rings. The Bertz CT molecular complexity index is 1210. The summed E-state index contributed by atoms with van der Waals surface area (Å²) in [5.74, 6) is -0.548. The highest BCUT2D eigenvalue weighted by Crippen LogP contribution is 2.14. The minimum atomic E-state index is -0.393. The van der Waals surface area contributed by atoms with Crippen molar-refractivity contribution in [2.24, 2.45) is 0 Å². The number of nitrogens with one attached hydrogen (secondary N) is 2. The van der Waals surface area contributed by atoms with Crippen molar-refractivity contribution in [2.45, 2.75) is 20.8 Å². The summed E-state index contributed by atoms with van der Waals surface area (Å²) in [4.78, 5) is 39.4. The van der Waals surface area contributed by atoms with Crippen LogP contribution in [0.3, 0.4) is 0 Å². The fourth-order valence-corrected chi connectivity index (χ4v) is 3.40. The van der Waals surface area contributed by atoms with Crippen LogP contribution in [-0.2, 0) is 4.79 Å². The van der Waals surface area contributed by atoms with Crippen molar-refractivity contribution < 1.29 is 14.0 Å². The Morgan fingerprint density at radius 2 is 1.79 bits per heavy atom. The van der Waals surface area contributed by atoms with Crippen LogP contribution in [0.1, 0.15) is 35.3 Å². The van der Waals surface area contributed by atoms with Gasteiger partial charge in [-0.2, -0.15) is 0 Å². The summed E-state index contributed by atoms with van der Waals surface area (Å²) in [7, 11) is 0. The van der Waals surface area contributed by atoms with Gasteiger partial charge in [0.05, 0.1) is 10.9 Å². The van der Waals surface area contributed by atoms with Crippen molar-refractivity contribution in [3.8, 4) is 0 Å². The normalized spacial score (nSPS) is 11.3. The monoisotopic (exact) mass is 447 g/mol. The Hall–Kier alpha value is -3.71. The average Bonchev–Trinajstić information content (AvgIpc) is 2.82. The quantitative estimate of drug-likeness (QED) is 0.487. The van der Waals surface area contributed by atoms with Gasteiger partial charge in [-0.3, -0.25) is 14.4 Å². The Balaban J connectivity index is 1.58. The lowest BCUT2D eigenvalue weighted by Crippen LogP contribution is -2.34. The number of carbonyl (C=O) groups is 2. The first-order valence-electron chi connectivity index (χ1n) is 11.0. The van der Waals surface area contributed by atoms with Crippen LogP contribution in [0.15, 0.2) is 64.0 Å². The molecule has 2 N–H and O–H groups in total. The second-order valence-corrected chi connectivity index (χ2v) is 7.70. The number of rotatable bonds is 9. The number of amides is 2. The molecule has 0 unspecified atom stereocenters. The maximum atomic E-state index is 12.6. The van der Waals surface area contributed by atoms with Gasteiger partial charge < -0.3 is 20.0 Å². The van der Waals surface area contributed by atoms with Gasteiger partial charge in [-0.25, -0.2) is 0 Å². The largest absolute Gasteiger partial charge is 0.463 e. The van der Waals surface area contributed by atoms with Crippen LogP contribution < -0.4 is 16.1 Å². The first-order valence-corrected chi connectivity index (χ1v) is 11.0. The summed E-state index contributed by atoms with van der Waals surface area (Å²) >= 11 is 0. The number of hydrogen-bond donors (Lipinski definition) is 2. The summed E-state index contributed by atoms with van der Waals surface area (Å²) < 4.78 is 5.49. The van der Waals surface area contributed by atoms with E-state index in [1.807, 2.05) is 13.0 Å². The standard InChI is InChI=1S/C26H29N3O4/c1-4-29(5-2)15-14-27-26(32)19-7-10-21(11-8-19)28-24(30)13-9-20-17-33-23-12-6-18(3)16-22(23)25(20)31/h6-13,16-17H,4-5,14-15H2,1-3H3,(H,27,32)(H,28,30)/b13-9+. The van der Waals surface area contributed by atoms with E-state index in [1.165, 1.54) is 18.4 Å². The molecule has 7 nitrogen and oxygen atoms in total. The van der Waals surface area contributed by atoms with Crippen molar-refractivity contribution in [3.05, 3.63) is 81.7 Å². The fraction of sp³-hybridized carbons (Fsp3) is 0.269. The molecule has 0 aliphatic carbocycles. The predicted octanol–water partition coefficient (Wildman–Crippen LogP) is 3.82. The van der Waals surface area contributed by atoms with E-state index in [2.05, 4.69) is 29.4 Å². The van der Waals surface area contributed by atoms with Gasteiger partial charge in [-0.05, 0) is 62.5 Å². The molecule has 2 amide bonds. The van der Waals surface area contributed by atoms with Crippen LogP contribution >= 0.6 is 0 Å². The molecule has 0 bridgehead atoms. The van der Waals surface area contributed by atoms with Gasteiger partial charge in [0.2, 0.25) is 5.91 Å². The maximum Gasteiger partial charge on any atom is 0.251 e. The zero-order chi connectivity index (χ0) is 23.8. The summed E-state index contributed by atoms with van der Waals surface area (Å²) in [6.07, 6.45) is 4.06. The molecule has 0 radical (unpaired) electrons. The molecular weight excluding hydrogens is 418 g/mol. The van der Waals surface area contributed by atoms with Crippen molar-refractivity contribution >= 4 is 34.5 Å². The van der Waals surface area contributed by atoms with E-state index < -0.39 is 5.91 Å². The molecule has 3 rings (SSSR count). The molecule has 0 aliphatic rings. The fourth-order valence-electron chi connectivity index (χ4n) is 3.40. The highest BCUT2D eigenvalue weighted by atomic mass is 16.3. The van der Waals surface area contributed by atoms with Crippen LogP contribution in [0.5, 0.6) is 0 Å². The van der Waals surface area contributed by atoms with Crippen LogP contribution in [0.25, 0.3) is 17.0 Å². The lowest BCUT2D eigenvalue weighted by atomic mass is 10.1. The molecule has 0 saturated carbocycles. The number of aryl methyl sites for hydroxylation is 1. The van der Waals surface area contributed by atoms with E-state index in [0.717, 1.165) is 25.2 Å². The number of anilines is 1. The van der Waals surface area contributed by atoms with E-state index in [4.69, 9.17) is 4.42 Å². The van der Waals surface area contributed by atoms with Crippen molar-refractivity contribution in [1.82, 2.24) is 10.2 Å². The molecule has 0 atom stereocenters. The van der Waals surface area contributed by atoms with Crippen molar-refractivity contribution in [1.29, 1.82) is 0 Å². The Morgan fingerprint density at radius 1 is 1.06 bits per heavy atom. The van der Waals surface area contributed by atoms with Crippen LogP contribution in [-0.4, -0.2) is 42.9 Å². The van der Waals surface area contributed by atoms with Gasteiger partial charge in [0.1, 0.15) is 11.8 Å². The number of hydrogen-bond acceptors (Lipinski definition) is 5. The molecule has 1 heterocycles. The molecule has 0 saturated heterocycles. The summed E-state index contributed by atoms with van der Waals surface area (Å²) in [5, 5.41) is 6.10. The summed E-state index contributed by atoms with van der Waals surface area (Å²) in [6.45, 7) is 9.34. The first-order chi connectivity index (χ1) is 15.9. The smallest absolute Gasteiger partial charge is 0.251 e. The van der Waals surface area contributed by atoms with Gasteiger partial charge in [0.15, 0.2) is 5.43 Å². The number of nitrogens with zero attached hydrogens (tertiary/aromatic N) is 1. The summed E-state index contributed by atoms with van der Waals surface area (Å²) in [6, 6.07) is 12.0. The number of carbonyl (C=O) groups excluding carboxylic acids is 2. The van der Waals surface area contributed by atoms with E-state index >= 15 is 0 Å². The Labute approximate surface area is 193 Å². The van der Waals surface area contributed by atoms with E-state index in [-0.39, 0.29) is 11.3 Å². The van der Waals surface area contributed by atoms with Gasteiger partial charge in [0, 0.05) is 30.4 Å². The first kappa shape index (κ1) is 23.9. The molecule has 2 aromatic carbocycles. The minimum Gasteiger partial charge on any atom is -0.463 e. The number of benzene rings is 2. The molecule has 0 spiro atoms. The highest BCUT2D eigenvalue weighted by molar-refractivity contribution is 6.02. The molecule has 0 aliphatic heterocycles. The second kappa shape index (κ2) is 11.2. The molecule has 7 heteroatoms. The van der Waals surface area contributed by atoms with Crippen LogP contribution in [0, 0.1) is 6.92 Å². The number of likely N-dealkylation sites (N-methyl/N-ethyl adjacent to an activating group) is 1. The van der Waals surface area contributed by atoms with Gasteiger partial charge in [-0.15, -0.1) is 0 Å². The lowest BCUT2D eigenvalue weighted by Gasteiger charge is -2.17. The zero-order valence-corrected chi connectivity index (χ0v) is 19.2. The SMILES string of the molecule is CCN(CC)CCNC(=O)c1ccc(NC(=O)/C=C/c2coc3ccc(C)cc3c2=O)cc1. The average molecular weight is 448 g/mol. The van der Waals surface area contributed by atoms with Crippen LogP contribution in [0.4, 0.5) is 5.69 Å². The predicted molar refractivity (Wildman–Crippen MR) is 131 cm³/mol. The van der Waals surface area contributed by atoms with E-state index in [0.29, 0.717) is 34.3 Å². The van der Waals surface area contributed by atoms with Gasteiger partial charge >= 0.3 is 0 Å².